The van der Waals surface area contributed by atoms with Gasteiger partial charge in [0.15, 0.2) is 11.6 Å². The molecule has 128 valence electrons. The van der Waals surface area contributed by atoms with Crippen molar-refractivity contribution in [3.8, 4) is 5.75 Å². The number of hydrogen-bond acceptors (Lipinski definition) is 9. The van der Waals surface area contributed by atoms with Gasteiger partial charge in [0.05, 0.1) is 6.21 Å². The lowest BCUT2D eigenvalue weighted by Gasteiger charge is -2.09. The second-order valence-electron chi connectivity index (χ2n) is 5.29. The fourth-order valence-electron chi connectivity index (χ4n) is 2.23. The fourth-order valence-corrected chi connectivity index (χ4v) is 2.23. The van der Waals surface area contributed by atoms with E-state index in [1.165, 1.54) is 0 Å². The van der Waals surface area contributed by atoms with Crippen molar-refractivity contribution in [1.29, 1.82) is 0 Å². The van der Waals surface area contributed by atoms with Crippen molar-refractivity contribution in [2.45, 2.75) is 0 Å². The van der Waals surface area contributed by atoms with Crippen LogP contribution in [0.15, 0.2) is 64.3 Å². The van der Waals surface area contributed by atoms with E-state index >= 15 is 0 Å². The van der Waals surface area contributed by atoms with E-state index in [1.807, 2.05) is 36.4 Å². The van der Waals surface area contributed by atoms with Crippen LogP contribution in [0.2, 0.25) is 0 Å². The van der Waals surface area contributed by atoms with E-state index in [0.717, 1.165) is 11.3 Å². The van der Waals surface area contributed by atoms with Crippen LogP contribution in [0.1, 0.15) is 5.56 Å². The largest absolute Gasteiger partial charge is 0.508 e. The predicted molar refractivity (Wildman–Crippen MR) is 96.4 cm³/mol. The number of aromatic nitrogens is 4. The second-order valence-corrected chi connectivity index (χ2v) is 5.29. The van der Waals surface area contributed by atoms with Crippen molar-refractivity contribution in [2.75, 3.05) is 10.7 Å². The summed E-state index contributed by atoms with van der Waals surface area (Å²) in [5.74, 6) is 0.941. The summed E-state index contributed by atoms with van der Waals surface area (Å²) in [5.41, 5.74) is 4.93. The average molecular weight is 347 g/mol. The molecule has 0 unspecified atom stereocenters. The number of hydrazone groups is 1. The van der Waals surface area contributed by atoms with E-state index in [0.29, 0.717) is 11.6 Å². The Morgan fingerprint density at radius 2 is 1.69 bits per heavy atom. The number of fused-ring (bicyclic) bond motifs is 1. The zero-order chi connectivity index (χ0) is 17.8. The Balaban J connectivity index is 1.63. The van der Waals surface area contributed by atoms with Crippen LogP contribution < -0.4 is 10.7 Å². The molecular weight excluding hydrogens is 334 g/mol. The fraction of sp³-hybridized carbons (Fsp3) is 0. The van der Waals surface area contributed by atoms with Crippen molar-refractivity contribution >= 4 is 34.8 Å². The van der Waals surface area contributed by atoms with Crippen LogP contribution >= 0.6 is 0 Å². The molecule has 0 spiro atoms. The summed E-state index contributed by atoms with van der Waals surface area (Å²) in [7, 11) is 0. The Morgan fingerprint density at radius 3 is 2.46 bits per heavy atom. The van der Waals surface area contributed by atoms with Crippen LogP contribution in [0.3, 0.4) is 0 Å². The molecular formula is C17H13N7O2. The summed E-state index contributed by atoms with van der Waals surface area (Å²) in [6.45, 7) is 0. The molecule has 9 heteroatoms. The van der Waals surface area contributed by atoms with Crippen molar-refractivity contribution in [2.24, 2.45) is 5.10 Å². The minimum Gasteiger partial charge on any atom is -0.508 e. The average Bonchev–Trinajstić information content (AvgIpc) is 3.10. The molecule has 0 fully saturated rings. The molecule has 0 atom stereocenters. The van der Waals surface area contributed by atoms with Crippen LogP contribution in [0, 0.1) is 0 Å². The van der Waals surface area contributed by atoms with Crippen LogP contribution in [0.5, 0.6) is 5.75 Å². The van der Waals surface area contributed by atoms with Crippen molar-refractivity contribution < 1.29 is 9.74 Å². The molecule has 4 rings (SSSR count). The van der Waals surface area contributed by atoms with E-state index in [1.54, 1.807) is 24.4 Å². The summed E-state index contributed by atoms with van der Waals surface area (Å²) >= 11 is 0. The van der Waals surface area contributed by atoms with Crippen molar-refractivity contribution in [1.82, 2.24) is 20.3 Å². The molecule has 0 radical (unpaired) electrons. The SMILES string of the molecule is Oc1cccc(C=NNc2nc3nonc3nc2Nc2ccccc2)c1. The van der Waals surface area contributed by atoms with Gasteiger partial charge >= 0.3 is 0 Å². The zero-order valence-corrected chi connectivity index (χ0v) is 13.4. The van der Waals surface area contributed by atoms with E-state index in [9.17, 15) is 5.11 Å². The first-order valence-corrected chi connectivity index (χ1v) is 7.68. The third-order valence-corrected chi connectivity index (χ3v) is 3.41. The molecule has 0 saturated heterocycles. The van der Waals surface area contributed by atoms with E-state index in [2.05, 4.69) is 40.8 Å². The van der Waals surface area contributed by atoms with Crippen molar-refractivity contribution in [3.05, 3.63) is 60.2 Å². The van der Waals surface area contributed by atoms with Crippen LogP contribution in [-0.4, -0.2) is 31.6 Å². The maximum Gasteiger partial charge on any atom is 0.245 e. The highest BCUT2D eigenvalue weighted by Crippen LogP contribution is 2.23. The van der Waals surface area contributed by atoms with Gasteiger partial charge in [-0.1, -0.05) is 30.3 Å². The third kappa shape index (κ3) is 3.41. The van der Waals surface area contributed by atoms with Gasteiger partial charge in [-0.2, -0.15) is 10.1 Å². The molecule has 0 aliphatic rings. The van der Waals surface area contributed by atoms with E-state index in [-0.39, 0.29) is 17.0 Å². The normalized spacial score (nSPS) is 11.1. The number of nitrogens with one attached hydrogen (secondary N) is 2. The highest BCUT2D eigenvalue weighted by molar-refractivity contribution is 5.82. The number of benzene rings is 2. The molecule has 4 aromatic rings. The number of nitrogens with zero attached hydrogens (tertiary/aromatic N) is 5. The first kappa shape index (κ1) is 15.5. The van der Waals surface area contributed by atoms with Gasteiger partial charge in [-0.3, -0.25) is 5.43 Å². The lowest BCUT2D eigenvalue weighted by molar-refractivity contribution is 0.314. The Hall–Kier alpha value is -4.01. The minimum atomic E-state index is 0.162. The number of phenols is 1. The van der Waals surface area contributed by atoms with Gasteiger partial charge in [0.1, 0.15) is 5.75 Å². The van der Waals surface area contributed by atoms with Gasteiger partial charge in [-0.15, -0.1) is 0 Å². The highest BCUT2D eigenvalue weighted by Gasteiger charge is 2.12. The second kappa shape index (κ2) is 6.85. The number of anilines is 3. The maximum atomic E-state index is 9.49. The van der Waals surface area contributed by atoms with Crippen LogP contribution in [-0.2, 0) is 0 Å². The summed E-state index contributed by atoms with van der Waals surface area (Å²) in [4.78, 5) is 8.67. The summed E-state index contributed by atoms with van der Waals surface area (Å²) in [6.07, 6.45) is 1.55. The summed E-state index contributed by atoms with van der Waals surface area (Å²) < 4.78 is 4.67. The lowest BCUT2D eigenvalue weighted by atomic mass is 10.2. The molecule has 3 N–H and O–H groups in total. The summed E-state index contributed by atoms with van der Waals surface area (Å²) in [6, 6.07) is 16.2. The number of hydrogen-bond donors (Lipinski definition) is 3. The van der Waals surface area contributed by atoms with E-state index < -0.39 is 0 Å². The van der Waals surface area contributed by atoms with Gasteiger partial charge < -0.3 is 10.4 Å². The maximum absolute atomic E-state index is 9.49. The molecule has 9 nitrogen and oxygen atoms in total. The molecule has 0 aliphatic heterocycles. The molecule has 2 aromatic heterocycles. The van der Waals surface area contributed by atoms with Crippen LogP contribution in [0.4, 0.5) is 17.3 Å². The number of aromatic hydroxyl groups is 1. The molecule has 0 bridgehead atoms. The van der Waals surface area contributed by atoms with Gasteiger partial charge in [0.2, 0.25) is 11.3 Å². The first-order valence-electron chi connectivity index (χ1n) is 7.68. The van der Waals surface area contributed by atoms with E-state index in [4.69, 9.17) is 0 Å². The quantitative estimate of drug-likeness (QED) is 0.372. The highest BCUT2D eigenvalue weighted by atomic mass is 16.6. The minimum absolute atomic E-state index is 0.162. The van der Waals surface area contributed by atoms with Gasteiger partial charge in [0, 0.05) is 5.69 Å². The first-order chi connectivity index (χ1) is 12.8. The molecule has 0 saturated carbocycles. The third-order valence-electron chi connectivity index (χ3n) is 3.41. The number of para-hydroxylation sites is 1. The summed E-state index contributed by atoms with van der Waals surface area (Å²) in [5, 5.41) is 24.2. The number of phenolic OH excluding ortho intramolecular Hbond substituents is 1. The Kier molecular flexibility index (Phi) is 4.09. The Bertz CT molecular complexity index is 1060. The molecule has 2 aromatic carbocycles. The van der Waals surface area contributed by atoms with Gasteiger partial charge in [-0.25, -0.2) is 9.61 Å². The molecule has 0 amide bonds. The van der Waals surface area contributed by atoms with Crippen molar-refractivity contribution in [3.63, 3.8) is 0 Å². The zero-order valence-electron chi connectivity index (χ0n) is 13.4. The standard InChI is InChI=1S/C17H13N7O2/c25-13-8-4-5-11(9-13)10-18-22-15-14(19-12-6-2-1-3-7-12)20-16-17(21-15)24-26-23-16/h1-10,25H,(H,19,20,23)(H,21,22,24). The molecule has 26 heavy (non-hydrogen) atoms. The Labute approximate surface area is 147 Å². The Morgan fingerprint density at radius 1 is 0.923 bits per heavy atom. The van der Waals surface area contributed by atoms with Gasteiger partial charge in [0.25, 0.3) is 0 Å². The monoisotopic (exact) mass is 347 g/mol. The van der Waals surface area contributed by atoms with Gasteiger partial charge in [-0.05, 0) is 40.1 Å². The smallest absolute Gasteiger partial charge is 0.245 e. The van der Waals surface area contributed by atoms with Crippen LogP contribution in [0.25, 0.3) is 11.3 Å². The number of rotatable bonds is 5. The molecule has 0 aliphatic carbocycles. The predicted octanol–water partition coefficient (Wildman–Crippen LogP) is 2.91. The topological polar surface area (TPSA) is 121 Å². The lowest BCUT2D eigenvalue weighted by Crippen LogP contribution is -2.03. The molecule has 2 heterocycles.